The molecule has 0 bridgehead atoms. The molecule has 1 N–H and O–H groups in total. The van der Waals surface area contributed by atoms with Crippen LogP contribution in [0.15, 0.2) is 27.8 Å². The van der Waals surface area contributed by atoms with Gasteiger partial charge in [0.1, 0.15) is 5.76 Å². The molecule has 0 aromatic carbocycles. The molecule has 0 spiro atoms. The Bertz CT molecular complexity index is 444. The van der Waals surface area contributed by atoms with Crippen molar-refractivity contribution in [3.05, 3.63) is 24.2 Å². The van der Waals surface area contributed by atoms with Crippen LogP contribution < -0.4 is 5.32 Å². The van der Waals surface area contributed by atoms with Crippen molar-refractivity contribution in [2.75, 3.05) is 20.6 Å². The quantitative estimate of drug-likeness (QED) is 0.654. The second-order valence-corrected chi connectivity index (χ2v) is 5.97. The van der Waals surface area contributed by atoms with E-state index in [0.717, 1.165) is 30.7 Å². The molecule has 4 nitrogen and oxygen atoms in total. The Kier molecular flexibility index (Phi) is 3.25. The zero-order valence-corrected chi connectivity index (χ0v) is 11.9. The van der Waals surface area contributed by atoms with E-state index >= 15 is 0 Å². The summed E-state index contributed by atoms with van der Waals surface area (Å²) in [5, 5.41) is 3.54. The van der Waals surface area contributed by atoms with E-state index in [1.165, 1.54) is 25.7 Å². The molecule has 2 fully saturated rings. The van der Waals surface area contributed by atoms with Gasteiger partial charge in [-0.1, -0.05) is 0 Å². The van der Waals surface area contributed by atoms with Gasteiger partial charge in [-0.25, -0.2) is 0 Å². The molecule has 1 aromatic rings. The highest BCUT2D eigenvalue weighted by Gasteiger charge is 2.53. The third-order valence-electron chi connectivity index (χ3n) is 4.48. The van der Waals surface area contributed by atoms with Crippen molar-refractivity contribution in [2.45, 2.75) is 32.2 Å². The van der Waals surface area contributed by atoms with Crippen molar-refractivity contribution in [3.63, 3.8) is 0 Å². The van der Waals surface area contributed by atoms with Gasteiger partial charge in [-0.05, 0) is 49.1 Å². The Morgan fingerprint density at radius 3 is 2.84 bits per heavy atom. The Morgan fingerprint density at radius 1 is 1.53 bits per heavy atom. The van der Waals surface area contributed by atoms with Crippen molar-refractivity contribution in [1.29, 1.82) is 0 Å². The Morgan fingerprint density at radius 2 is 2.32 bits per heavy atom. The molecule has 2 aliphatic carbocycles. The highest BCUT2D eigenvalue weighted by molar-refractivity contribution is 5.79. The van der Waals surface area contributed by atoms with E-state index in [1.54, 1.807) is 6.26 Å². The average molecular weight is 261 g/mol. The molecule has 0 unspecified atom stereocenters. The third-order valence-corrected chi connectivity index (χ3v) is 4.48. The summed E-state index contributed by atoms with van der Waals surface area (Å²) in [4.78, 5) is 6.48. The van der Waals surface area contributed by atoms with E-state index < -0.39 is 0 Å². The monoisotopic (exact) mass is 261 g/mol. The predicted octanol–water partition coefficient (Wildman–Crippen LogP) is 2.48. The molecule has 0 saturated heterocycles. The number of nitrogens with one attached hydrogen (secondary N) is 1. The molecule has 3 rings (SSSR count). The Hall–Kier alpha value is -1.45. The number of hydrogen-bond acceptors (Lipinski definition) is 2. The molecule has 2 saturated carbocycles. The standard InChI is InChI=1S/C15H23N3O/c1-16-14(18(2)10-13-4-3-9-19-13)17-11-15(7-8-15)12-5-6-12/h3-4,9,12H,5-8,10-11H2,1-2H3,(H,16,17). The number of nitrogens with zero attached hydrogens (tertiary/aromatic N) is 2. The fourth-order valence-electron chi connectivity index (χ4n) is 2.94. The molecule has 104 valence electrons. The summed E-state index contributed by atoms with van der Waals surface area (Å²) in [7, 11) is 3.90. The third kappa shape index (κ3) is 2.77. The minimum Gasteiger partial charge on any atom is -0.467 e. The van der Waals surface area contributed by atoms with E-state index in [2.05, 4.69) is 22.3 Å². The van der Waals surface area contributed by atoms with Crippen LogP contribution in [0.4, 0.5) is 0 Å². The molecule has 0 aliphatic heterocycles. The minimum absolute atomic E-state index is 0.599. The summed E-state index contributed by atoms with van der Waals surface area (Å²) < 4.78 is 5.38. The highest BCUT2D eigenvalue weighted by Crippen LogP contribution is 2.60. The first kappa shape index (κ1) is 12.6. The molecule has 1 heterocycles. The maximum absolute atomic E-state index is 5.38. The van der Waals surface area contributed by atoms with Crippen LogP contribution in [0.2, 0.25) is 0 Å². The van der Waals surface area contributed by atoms with Gasteiger partial charge in [-0.15, -0.1) is 0 Å². The second-order valence-electron chi connectivity index (χ2n) is 5.97. The van der Waals surface area contributed by atoms with Crippen molar-refractivity contribution in [1.82, 2.24) is 10.2 Å². The van der Waals surface area contributed by atoms with Crippen LogP contribution in [0.1, 0.15) is 31.4 Å². The lowest BCUT2D eigenvalue weighted by atomic mass is 10.0. The first-order chi connectivity index (χ1) is 9.23. The van der Waals surface area contributed by atoms with E-state index in [1.807, 2.05) is 19.2 Å². The van der Waals surface area contributed by atoms with E-state index in [0.29, 0.717) is 5.41 Å². The van der Waals surface area contributed by atoms with E-state index in [9.17, 15) is 0 Å². The summed E-state index contributed by atoms with van der Waals surface area (Å²) in [6.45, 7) is 1.83. The van der Waals surface area contributed by atoms with Gasteiger partial charge in [0, 0.05) is 20.6 Å². The number of aliphatic imine (C=N–C) groups is 1. The lowest BCUT2D eigenvalue weighted by Gasteiger charge is -2.23. The van der Waals surface area contributed by atoms with Crippen molar-refractivity contribution >= 4 is 5.96 Å². The Balaban J connectivity index is 1.52. The van der Waals surface area contributed by atoms with Crippen molar-refractivity contribution in [2.24, 2.45) is 16.3 Å². The first-order valence-electron chi connectivity index (χ1n) is 7.18. The lowest BCUT2D eigenvalue weighted by molar-refractivity contribution is 0.383. The number of rotatable bonds is 5. The van der Waals surface area contributed by atoms with Gasteiger partial charge < -0.3 is 14.6 Å². The van der Waals surface area contributed by atoms with Gasteiger partial charge >= 0.3 is 0 Å². The summed E-state index contributed by atoms with van der Waals surface area (Å²) >= 11 is 0. The van der Waals surface area contributed by atoms with Crippen LogP contribution in [0.5, 0.6) is 0 Å². The van der Waals surface area contributed by atoms with Gasteiger partial charge in [0.25, 0.3) is 0 Å². The fraction of sp³-hybridized carbons (Fsp3) is 0.667. The predicted molar refractivity (Wildman–Crippen MR) is 75.9 cm³/mol. The van der Waals surface area contributed by atoms with Crippen LogP contribution >= 0.6 is 0 Å². The summed E-state index contributed by atoms with van der Waals surface area (Å²) in [6.07, 6.45) is 7.36. The molecule has 2 aliphatic rings. The fourth-order valence-corrected chi connectivity index (χ4v) is 2.94. The normalized spacial score (nSPS) is 21.3. The van der Waals surface area contributed by atoms with Crippen LogP contribution in [0.25, 0.3) is 0 Å². The van der Waals surface area contributed by atoms with E-state index in [-0.39, 0.29) is 0 Å². The van der Waals surface area contributed by atoms with Crippen LogP contribution in [0, 0.1) is 11.3 Å². The smallest absolute Gasteiger partial charge is 0.193 e. The molecular formula is C15H23N3O. The van der Waals surface area contributed by atoms with Crippen LogP contribution in [-0.2, 0) is 6.54 Å². The summed E-state index contributed by atoms with van der Waals surface area (Å²) in [6, 6.07) is 3.92. The molecule has 0 amide bonds. The highest BCUT2D eigenvalue weighted by atomic mass is 16.3. The zero-order chi connectivity index (χ0) is 13.3. The second kappa shape index (κ2) is 4.91. The van der Waals surface area contributed by atoms with Gasteiger partial charge in [-0.2, -0.15) is 0 Å². The maximum atomic E-state index is 5.38. The number of guanidine groups is 1. The van der Waals surface area contributed by atoms with Gasteiger partial charge in [0.05, 0.1) is 12.8 Å². The van der Waals surface area contributed by atoms with Gasteiger partial charge in [-0.3, -0.25) is 4.99 Å². The molecule has 1 aromatic heterocycles. The first-order valence-corrected chi connectivity index (χ1v) is 7.18. The van der Waals surface area contributed by atoms with Crippen LogP contribution in [-0.4, -0.2) is 31.5 Å². The van der Waals surface area contributed by atoms with Gasteiger partial charge in [0.15, 0.2) is 5.96 Å². The SMILES string of the molecule is CN=C(NCC1(C2CC2)CC1)N(C)Cc1ccco1. The molecular weight excluding hydrogens is 238 g/mol. The maximum Gasteiger partial charge on any atom is 0.193 e. The summed E-state index contributed by atoms with van der Waals surface area (Å²) in [5.41, 5.74) is 0.599. The van der Waals surface area contributed by atoms with Gasteiger partial charge in [0.2, 0.25) is 0 Å². The number of furan rings is 1. The van der Waals surface area contributed by atoms with E-state index in [4.69, 9.17) is 4.42 Å². The minimum atomic E-state index is 0.599. The Labute approximate surface area is 114 Å². The molecule has 19 heavy (non-hydrogen) atoms. The molecule has 0 atom stereocenters. The average Bonchev–Trinajstić information content (AvgIpc) is 3.30. The molecule has 0 radical (unpaired) electrons. The lowest BCUT2D eigenvalue weighted by Crippen LogP contribution is -2.41. The van der Waals surface area contributed by atoms with Crippen molar-refractivity contribution < 1.29 is 4.42 Å². The molecule has 4 heteroatoms. The topological polar surface area (TPSA) is 40.8 Å². The number of hydrogen-bond donors (Lipinski definition) is 1. The van der Waals surface area contributed by atoms with Crippen LogP contribution in [0.3, 0.4) is 0 Å². The van der Waals surface area contributed by atoms with Crippen molar-refractivity contribution in [3.8, 4) is 0 Å². The largest absolute Gasteiger partial charge is 0.467 e. The summed E-state index contributed by atoms with van der Waals surface area (Å²) in [5.74, 6) is 2.91. The zero-order valence-electron chi connectivity index (χ0n) is 11.9.